The summed E-state index contributed by atoms with van der Waals surface area (Å²) in [4.78, 5) is 15.5. The second kappa shape index (κ2) is 8.85. The number of amides is 1. The number of anilines is 1. The number of piperidine rings is 2. The molecule has 2 aliphatic rings. The molecule has 4 rings (SSSR count). The van der Waals surface area contributed by atoms with Crippen molar-refractivity contribution in [2.24, 2.45) is 5.92 Å². The van der Waals surface area contributed by atoms with E-state index < -0.39 is 0 Å². The topological polar surface area (TPSA) is 35.6 Å². The molecule has 1 N–H and O–H groups in total. The first-order chi connectivity index (χ1) is 13.6. The van der Waals surface area contributed by atoms with Gasteiger partial charge in [-0.25, -0.2) is 4.31 Å². The van der Waals surface area contributed by atoms with Gasteiger partial charge in [0.15, 0.2) is 0 Å². The smallest absolute Gasteiger partial charge is 0.221 e. The maximum absolute atomic E-state index is 11.5. The van der Waals surface area contributed by atoms with Crippen LogP contribution in [-0.2, 0) is 4.79 Å². The molecule has 28 heavy (non-hydrogen) atoms. The Bertz CT molecular complexity index is 832. The average molecular weight is 398 g/mol. The van der Waals surface area contributed by atoms with E-state index in [0.29, 0.717) is 0 Å². The van der Waals surface area contributed by atoms with Gasteiger partial charge in [0, 0.05) is 48.6 Å². The summed E-state index contributed by atoms with van der Waals surface area (Å²) in [6.45, 7) is 8.81. The fourth-order valence-electron chi connectivity index (χ4n) is 4.64. The molecule has 4 nitrogen and oxygen atoms in total. The van der Waals surface area contributed by atoms with Gasteiger partial charge in [-0.2, -0.15) is 0 Å². The van der Waals surface area contributed by atoms with E-state index in [4.69, 9.17) is 0 Å². The van der Waals surface area contributed by atoms with Crippen LogP contribution in [-0.4, -0.2) is 47.3 Å². The van der Waals surface area contributed by atoms with Crippen LogP contribution in [0, 0.1) is 5.92 Å². The Morgan fingerprint density at radius 1 is 1.04 bits per heavy atom. The molecule has 1 amide bonds. The molecule has 0 bridgehead atoms. The fraction of sp³-hybridized carbons (Fsp3) is 0.522. The summed E-state index contributed by atoms with van der Waals surface area (Å²) in [5.41, 5.74) is 0.894. The van der Waals surface area contributed by atoms with Crippen LogP contribution in [0.2, 0.25) is 0 Å². The predicted molar refractivity (Wildman–Crippen MR) is 119 cm³/mol. The van der Waals surface area contributed by atoms with Crippen LogP contribution in [0.4, 0.5) is 5.69 Å². The third-order valence-corrected chi connectivity index (χ3v) is 7.23. The van der Waals surface area contributed by atoms with Gasteiger partial charge in [0.1, 0.15) is 0 Å². The monoisotopic (exact) mass is 397 g/mol. The third kappa shape index (κ3) is 4.53. The van der Waals surface area contributed by atoms with Crippen molar-refractivity contribution in [1.82, 2.24) is 9.21 Å². The molecule has 2 aromatic carbocycles. The zero-order valence-electron chi connectivity index (χ0n) is 17.0. The summed E-state index contributed by atoms with van der Waals surface area (Å²) >= 11 is 1.87. The quantitative estimate of drug-likeness (QED) is 0.736. The van der Waals surface area contributed by atoms with E-state index in [1.54, 1.807) is 6.92 Å². The summed E-state index contributed by atoms with van der Waals surface area (Å²) in [7, 11) is 0. The molecule has 1 unspecified atom stereocenters. The number of benzene rings is 2. The van der Waals surface area contributed by atoms with Crippen LogP contribution in [0.1, 0.15) is 39.5 Å². The molecular formula is C23H31N3OS. The number of nitrogens with one attached hydrogen (secondary N) is 1. The van der Waals surface area contributed by atoms with Gasteiger partial charge < -0.3 is 10.2 Å². The van der Waals surface area contributed by atoms with Crippen molar-refractivity contribution in [2.45, 2.75) is 50.5 Å². The predicted octanol–water partition coefficient (Wildman–Crippen LogP) is 5.00. The number of hydrogen-bond acceptors (Lipinski definition) is 4. The van der Waals surface area contributed by atoms with Crippen LogP contribution in [0.5, 0.6) is 0 Å². The van der Waals surface area contributed by atoms with Gasteiger partial charge in [0.2, 0.25) is 5.91 Å². The third-order valence-electron chi connectivity index (χ3n) is 6.05. The summed E-state index contributed by atoms with van der Waals surface area (Å²) in [6.07, 6.45) is 5.29. The van der Waals surface area contributed by atoms with Gasteiger partial charge >= 0.3 is 0 Å². The highest BCUT2D eigenvalue weighted by Gasteiger charge is 2.28. The van der Waals surface area contributed by atoms with Crippen molar-refractivity contribution in [1.29, 1.82) is 0 Å². The van der Waals surface area contributed by atoms with Crippen molar-refractivity contribution in [3.63, 3.8) is 0 Å². The molecule has 150 valence electrons. The lowest BCUT2D eigenvalue weighted by molar-refractivity contribution is -0.114. The molecule has 0 spiro atoms. The number of fused-ring (bicyclic) bond motifs is 1. The van der Waals surface area contributed by atoms with Crippen molar-refractivity contribution >= 4 is 34.3 Å². The Labute approximate surface area is 172 Å². The first-order valence-electron chi connectivity index (χ1n) is 10.6. The lowest BCUT2D eigenvalue weighted by atomic mass is 9.96. The Balaban J connectivity index is 1.43. The van der Waals surface area contributed by atoms with Crippen LogP contribution < -0.4 is 5.32 Å². The SMILES string of the molecule is CC(=O)Nc1ccc(SN2CCC(N3CCCC(C)C3)CC2)c2ccccc12. The van der Waals surface area contributed by atoms with Crippen LogP contribution in [0.3, 0.4) is 0 Å². The molecule has 2 heterocycles. The fourth-order valence-corrected chi connectivity index (χ4v) is 5.72. The number of likely N-dealkylation sites (tertiary alicyclic amines) is 1. The maximum atomic E-state index is 11.5. The average Bonchev–Trinajstić information content (AvgIpc) is 2.70. The molecule has 5 heteroatoms. The van der Waals surface area contributed by atoms with Crippen molar-refractivity contribution in [3.05, 3.63) is 36.4 Å². The van der Waals surface area contributed by atoms with Crippen LogP contribution >= 0.6 is 11.9 Å². The zero-order valence-corrected chi connectivity index (χ0v) is 17.8. The summed E-state index contributed by atoms with van der Waals surface area (Å²) in [5.74, 6) is 0.828. The Morgan fingerprint density at radius 2 is 1.79 bits per heavy atom. The van der Waals surface area contributed by atoms with E-state index >= 15 is 0 Å². The van der Waals surface area contributed by atoms with Crippen LogP contribution in [0.25, 0.3) is 10.8 Å². The lowest BCUT2D eigenvalue weighted by Crippen LogP contribution is -2.46. The Morgan fingerprint density at radius 3 is 2.50 bits per heavy atom. The Kier molecular flexibility index (Phi) is 6.24. The highest BCUT2D eigenvalue weighted by molar-refractivity contribution is 7.97. The summed E-state index contributed by atoms with van der Waals surface area (Å²) in [5, 5.41) is 5.28. The maximum Gasteiger partial charge on any atom is 0.221 e. The molecule has 2 aliphatic heterocycles. The highest BCUT2D eigenvalue weighted by atomic mass is 32.2. The summed E-state index contributed by atoms with van der Waals surface area (Å²) < 4.78 is 2.52. The number of carbonyl (C=O) groups is 1. The molecule has 2 aromatic rings. The van der Waals surface area contributed by atoms with Gasteiger partial charge in [-0.1, -0.05) is 31.2 Å². The standard InChI is InChI=1S/C23H31N3OS/c1-17-6-5-13-25(16-17)19-11-14-26(15-12-19)28-23-10-9-22(24-18(2)27)20-7-3-4-8-21(20)23/h3-4,7-10,17,19H,5-6,11-16H2,1-2H3,(H,24,27). The number of hydrogen-bond donors (Lipinski definition) is 1. The first kappa shape index (κ1) is 19.7. The van der Waals surface area contributed by atoms with E-state index in [1.165, 1.54) is 49.1 Å². The molecule has 0 saturated carbocycles. The molecule has 0 aromatic heterocycles. The molecular weight excluding hydrogens is 366 g/mol. The Hall–Kier alpha value is -1.56. The van der Waals surface area contributed by atoms with Gasteiger partial charge in [-0.3, -0.25) is 4.79 Å². The van der Waals surface area contributed by atoms with E-state index in [-0.39, 0.29) is 5.91 Å². The van der Waals surface area contributed by atoms with E-state index in [1.807, 2.05) is 24.1 Å². The number of carbonyl (C=O) groups excluding carboxylic acids is 1. The first-order valence-corrected chi connectivity index (χ1v) is 11.3. The summed E-state index contributed by atoms with van der Waals surface area (Å²) in [6, 6.07) is 13.3. The van der Waals surface area contributed by atoms with E-state index in [9.17, 15) is 4.79 Å². The largest absolute Gasteiger partial charge is 0.326 e. The van der Waals surface area contributed by atoms with Crippen molar-refractivity contribution < 1.29 is 4.79 Å². The van der Waals surface area contributed by atoms with Gasteiger partial charge in [-0.15, -0.1) is 0 Å². The van der Waals surface area contributed by atoms with Crippen LogP contribution in [0.15, 0.2) is 41.3 Å². The highest BCUT2D eigenvalue weighted by Crippen LogP contribution is 2.36. The minimum Gasteiger partial charge on any atom is -0.326 e. The molecule has 0 radical (unpaired) electrons. The van der Waals surface area contributed by atoms with E-state index in [0.717, 1.165) is 36.1 Å². The van der Waals surface area contributed by atoms with Crippen molar-refractivity contribution in [2.75, 3.05) is 31.5 Å². The molecule has 2 saturated heterocycles. The van der Waals surface area contributed by atoms with Gasteiger partial charge in [-0.05, 0) is 67.6 Å². The molecule has 0 aliphatic carbocycles. The number of rotatable bonds is 4. The zero-order chi connectivity index (χ0) is 19.5. The second-order valence-corrected chi connectivity index (χ2v) is 9.47. The second-order valence-electron chi connectivity index (χ2n) is 8.33. The minimum absolute atomic E-state index is 0.0281. The minimum atomic E-state index is -0.0281. The van der Waals surface area contributed by atoms with Gasteiger partial charge in [0.25, 0.3) is 0 Å². The number of nitrogens with zero attached hydrogens (tertiary/aromatic N) is 2. The molecule has 2 fully saturated rings. The molecule has 1 atom stereocenters. The normalized spacial score (nSPS) is 22.4. The lowest BCUT2D eigenvalue weighted by Gasteiger charge is -2.41. The van der Waals surface area contributed by atoms with E-state index in [2.05, 4.69) is 45.7 Å². The van der Waals surface area contributed by atoms with Gasteiger partial charge in [0.05, 0.1) is 0 Å². The van der Waals surface area contributed by atoms with Crippen molar-refractivity contribution in [3.8, 4) is 0 Å².